The Labute approximate surface area is 229 Å². The predicted molar refractivity (Wildman–Crippen MR) is 153 cm³/mol. The minimum atomic E-state index is -0.686. The lowest BCUT2D eigenvalue weighted by Gasteiger charge is -2.32. The minimum Gasteiger partial charge on any atom is -0.380 e. The van der Waals surface area contributed by atoms with Gasteiger partial charge < -0.3 is 24.8 Å². The number of hydrogen-bond acceptors (Lipinski definition) is 6. The maximum atomic E-state index is 13.6. The van der Waals surface area contributed by atoms with Gasteiger partial charge in [0.05, 0.1) is 17.8 Å². The number of piperidine rings is 2. The zero-order valence-corrected chi connectivity index (χ0v) is 22.4. The Morgan fingerprint density at radius 2 is 1.59 bits per heavy atom. The molecule has 0 radical (unpaired) electrons. The SMILES string of the molecule is O=C(Nc1ccc(N2CCCOCC2)cc1)N1CCC(c2ncnc3cc(N4CCC(F)CC4)ccc23)CC1. The maximum absolute atomic E-state index is 13.6. The number of urea groups is 1. The van der Waals surface area contributed by atoms with E-state index in [9.17, 15) is 9.18 Å². The summed E-state index contributed by atoms with van der Waals surface area (Å²) < 4.78 is 19.1. The molecule has 3 fully saturated rings. The van der Waals surface area contributed by atoms with Gasteiger partial charge in [-0.15, -0.1) is 0 Å². The van der Waals surface area contributed by atoms with Crippen LogP contribution in [0.25, 0.3) is 10.9 Å². The van der Waals surface area contributed by atoms with Gasteiger partial charge in [-0.05, 0) is 74.6 Å². The van der Waals surface area contributed by atoms with Crippen LogP contribution in [0, 0.1) is 0 Å². The average molecular weight is 533 g/mol. The zero-order chi connectivity index (χ0) is 26.6. The molecule has 206 valence electrons. The van der Waals surface area contributed by atoms with Gasteiger partial charge >= 0.3 is 6.03 Å². The fourth-order valence-electron chi connectivity index (χ4n) is 6.01. The van der Waals surface area contributed by atoms with Crippen molar-refractivity contribution in [3.05, 3.63) is 54.5 Å². The third kappa shape index (κ3) is 5.93. The first-order valence-electron chi connectivity index (χ1n) is 14.3. The summed E-state index contributed by atoms with van der Waals surface area (Å²) in [7, 11) is 0. The van der Waals surface area contributed by atoms with Gasteiger partial charge in [0, 0.05) is 74.2 Å². The van der Waals surface area contributed by atoms with E-state index < -0.39 is 6.17 Å². The van der Waals surface area contributed by atoms with E-state index in [1.807, 2.05) is 17.0 Å². The molecule has 3 saturated heterocycles. The van der Waals surface area contributed by atoms with Crippen molar-refractivity contribution >= 4 is 34.0 Å². The second-order valence-corrected chi connectivity index (χ2v) is 10.8. The number of carbonyl (C=O) groups excluding carboxylic acids is 1. The molecule has 3 aliphatic heterocycles. The molecule has 8 nitrogen and oxygen atoms in total. The lowest BCUT2D eigenvalue weighted by atomic mass is 9.91. The van der Waals surface area contributed by atoms with Crippen LogP contribution in [0.5, 0.6) is 0 Å². The van der Waals surface area contributed by atoms with E-state index >= 15 is 0 Å². The van der Waals surface area contributed by atoms with Crippen molar-refractivity contribution in [2.24, 2.45) is 0 Å². The molecule has 1 aromatic heterocycles. The van der Waals surface area contributed by atoms with Crippen LogP contribution in [-0.2, 0) is 4.74 Å². The number of nitrogens with one attached hydrogen (secondary N) is 1. The van der Waals surface area contributed by atoms with Crippen molar-refractivity contribution in [1.82, 2.24) is 14.9 Å². The summed E-state index contributed by atoms with van der Waals surface area (Å²) in [6.07, 6.45) is 4.88. The molecule has 3 aromatic rings. The van der Waals surface area contributed by atoms with Crippen LogP contribution in [0.2, 0.25) is 0 Å². The van der Waals surface area contributed by atoms with Crippen LogP contribution in [0.1, 0.15) is 43.7 Å². The molecule has 0 spiro atoms. The van der Waals surface area contributed by atoms with E-state index in [1.54, 1.807) is 6.33 Å². The Bertz CT molecular complexity index is 1260. The van der Waals surface area contributed by atoms with E-state index in [0.29, 0.717) is 25.9 Å². The summed E-state index contributed by atoms with van der Waals surface area (Å²) in [4.78, 5) is 28.7. The van der Waals surface area contributed by atoms with Crippen LogP contribution in [0.3, 0.4) is 0 Å². The second kappa shape index (κ2) is 11.7. The van der Waals surface area contributed by atoms with Crippen LogP contribution in [-0.4, -0.2) is 79.6 Å². The molecule has 1 N–H and O–H groups in total. The summed E-state index contributed by atoms with van der Waals surface area (Å²) in [5.41, 5.74) is 5.05. The number of halogens is 1. The minimum absolute atomic E-state index is 0.0568. The van der Waals surface area contributed by atoms with Gasteiger partial charge in [-0.25, -0.2) is 19.2 Å². The zero-order valence-electron chi connectivity index (χ0n) is 22.4. The monoisotopic (exact) mass is 532 g/mol. The van der Waals surface area contributed by atoms with Gasteiger partial charge in [0.15, 0.2) is 0 Å². The predicted octanol–water partition coefficient (Wildman–Crippen LogP) is 5.21. The van der Waals surface area contributed by atoms with E-state index in [-0.39, 0.29) is 11.9 Å². The molecule has 4 heterocycles. The summed E-state index contributed by atoms with van der Waals surface area (Å²) in [6, 6.07) is 14.4. The average Bonchev–Trinajstić information content (AvgIpc) is 3.27. The number of alkyl halides is 1. The third-order valence-electron chi connectivity index (χ3n) is 8.32. The van der Waals surface area contributed by atoms with Gasteiger partial charge in [-0.1, -0.05) is 0 Å². The molecule has 0 unspecified atom stereocenters. The Morgan fingerprint density at radius 1 is 0.846 bits per heavy atom. The van der Waals surface area contributed by atoms with Crippen molar-refractivity contribution < 1.29 is 13.9 Å². The van der Waals surface area contributed by atoms with Crippen molar-refractivity contribution in [3.8, 4) is 0 Å². The van der Waals surface area contributed by atoms with Crippen LogP contribution >= 0.6 is 0 Å². The quantitative estimate of drug-likeness (QED) is 0.498. The Morgan fingerprint density at radius 3 is 2.38 bits per heavy atom. The number of carbonyl (C=O) groups is 1. The number of ether oxygens (including phenoxy) is 1. The molecule has 2 aromatic carbocycles. The fraction of sp³-hybridized carbons (Fsp3) is 0.500. The number of likely N-dealkylation sites (tertiary alicyclic amines) is 1. The van der Waals surface area contributed by atoms with Crippen molar-refractivity contribution in [3.63, 3.8) is 0 Å². The van der Waals surface area contributed by atoms with Gasteiger partial charge in [0.1, 0.15) is 12.5 Å². The maximum Gasteiger partial charge on any atom is 0.321 e. The van der Waals surface area contributed by atoms with Gasteiger partial charge in [0.2, 0.25) is 0 Å². The normalized spacial score (nSPS) is 19.8. The molecule has 0 saturated carbocycles. The van der Waals surface area contributed by atoms with E-state index in [2.05, 4.69) is 55.4 Å². The highest BCUT2D eigenvalue weighted by Gasteiger charge is 2.27. The lowest BCUT2D eigenvalue weighted by Crippen LogP contribution is -2.40. The Balaban J connectivity index is 1.06. The number of anilines is 3. The highest BCUT2D eigenvalue weighted by Crippen LogP contribution is 2.33. The third-order valence-corrected chi connectivity index (χ3v) is 8.32. The van der Waals surface area contributed by atoms with Crippen LogP contribution in [0.15, 0.2) is 48.8 Å². The lowest BCUT2D eigenvalue weighted by molar-refractivity contribution is 0.152. The van der Waals surface area contributed by atoms with Crippen molar-refractivity contribution in [1.29, 1.82) is 0 Å². The molecular formula is C30H37FN6O2. The van der Waals surface area contributed by atoms with E-state index in [0.717, 1.165) is 92.3 Å². The van der Waals surface area contributed by atoms with Crippen LogP contribution in [0.4, 0.5) is 26.2 Å². The largest absolute Gasteiger partial charge is 0.380 e. The van der Waals surface area contributed by atoms with Crippen LogP contribution < -0.4 is 15.1 Å². The number of nitrogens with zero attached hydrogens (tertiary/aromatic N) is 5. The number of aromatic nitrogens is 2. The number of amides is 2. The van der Waals surface area contributed by atoms with Crippen molar-refractivity contribution in [2.75, 3.05) is 67.6 Å². The van der Waals surface area contributed by atoms with E-state index in [4.69, 9.17) is 4.74 Å². The van der Waals surface area contributed by atoms with Gasteiger partial charge in [-0.2, -0.15) is 0 Å². The first-order valence-corrected chi connectivity index (χ1v) is 14.3. The smallest absolute Gasteiger partial charge is 0.321 e. The Kier molecular flexibility index (Phi) is 7.76. The van der Waals surface area contributed by atoms with Crippen molar-refractivity contribution in [2.45, 2.75) is 44.2 Å². The molecular weight excluding hydrogens is 495 g/mol. The highest BCUT2D eigenvalue weighted by atomic mass is 19.1. The summed E-state index contributed by atoms with van der Waals surface area (Å²) in [5, 5.41) is 4.14. The first kappa shape index (κ1) is 25.8. The number of hydrogen-bond donors (Lipinski definition) is 1. The van der Waals surface area contributed by atoms with Gasteiger partial charge in [-0.3, -0.25) is 0 Å². The molecule has 39 heavy (non-hydrogen) atoms. The number of fused-ring (bicyclic) bond motifs is 1. The highest BCUT2D eigenvalue weighted by molar-refractivity contribution is 5.89. The summed E-state index contributed by atoms with van der Waals surface area (Å²) in [5.74, 6) is 0.282. The molecule has 0 atom stereocenters. The second-order valence-electron chi connectivity index (χ2n) is 10.8. The van der Waals surface area contributed by atoms with E-state index in [1.165, 1.54) is 0 Å². The number of benzene rings is 2. The number of rotatable bonds is 4. The summed E-state index contributed by atoms with van der Waals surface area (Å²) >= 11 is 0. The molecule has 3 aliphatic rings. The molecule has 0 bridgehead atoms. The Hall–Kier alpha value is -3.46. The standard InChI is InChI=1S/C30H37FN6O2/c31-23-10-15-36(16-11-23)26-6-7-27-28(20-26)32-21-33-29(27)22-8-13-37(14-9-22)30(38)34-24-2-4-25(5-3-24)35-12-1-18-39-19-17-35/h2-7,20-23H,1,8-19H2,(H,34,38). The fourth-order valence-corrected chi connectivity index (χ4v) is 6.01. The molecule has 2 amide bonds. The molecule has 0 aliphatic carbocycles. The topological polar surface area (TPSA) is 73.8 Å². The molecule has 6 rings (SSSR count). The van der Waals surface area contributed by atoms with Gasteiger partial charge in [0.25, 0.3) is 0 Å². The first-order chi connectivity index (χ1) is 19.1. The summed E-state index contributed by atoms with van der Waals surface area (Å²) in [6.45, 7) is 6.30. The molecule has 9 heteroatoms.